The van der Waals surface area contributed by atoms with Crippen LogP contribution in [0.25, 0.3) is 11.2 Å². The highest BCUT2D eigenvalue weighted by molar-refractivity contribution is 6.23. The molecular formula is C38H40N10O7. The number of fused-ring (bicyclic) bond motifs is 2. The molecule has 0 bridgehead atoms. The molecule has 1 aliphatic carbocycles. The van der Waals surface area contributed by atoms with Gasteiger partial charge in [0.15, 0.2) is 18.1 Å². The van der Waals surface area contributed by atoms with Gasteiger partial charge >= 0.3 is 0 Å². The molecule has 284 valence electrons. The van der Waals surface area contributed by atoms with E-state index in [0.29, 0.717) is 42.6 Å². The predicted octanol–water partition coefficient (Wildman–Crippen LogP) is 2.18. The van der Waals surface area contributed by atoms with Crippen LogP contribution in [0, 0.1) is 12.8 Å². The molecule has 1 saturated carbocycles. The second-order valence-corrected chi connectivity index (χ2v) is 14.5. The fourth-order valence-electron chi connectivity index (χ4n) is 7.75. The molecule has 6 amide bonds. The van der Waals surface area contributed by atoms with Gasteiger partial charge in [-0.25, -0.2) is 19.9 Å². The largest absolute Gasteiger partial charge is 0.484 e. The number of carbonyl (C=O) groups excluding carboxylic acids is 6. The molecule has 2 saturated heterocycles. The maximum atomic E-state index is 13.1. The van der Waals surface area contributed by atoms with Crippen LogP contribution >= 0.6 is 0 Å². The third-order valence-electron chi connectivity index (χ3n) is 10.9. The Labute approximate surface area is 315 Å². The number of nitrogens with one attached hydrogen (secondary N) is 3. The monoisotopic (exact) mass is 748 g/mol. The van der Waals surface area contributed by atoms with Gasteiger partial charge < -0.3 is 24.8 Å². The van der Waals surface area contributed by atoms with Crippen LogP contribution in [0.5, 0.6) is 5.75 Å². The third kappa shape index (κ3) is 7.20. The average molecular weight is 749 g/mol. The highest BCUT2D eigenvalue weighted by Gasteiger charge is 2.45. The molecule has 17 heteroatoms. The standard InChI is InChI=1S/C38H40N10O7/c1-21-3-2-4-28(43-21)35(51)44-23-15-24(16-23)47-20-42-32-33(40-19-41-34(32)47)39-12-9-22-10-13-46(14-11-22)31(50)18-55-25-5-6-26-27(17-25)38(54)48(37(26)53)29-7-8-30(49)45-36(29)52/h2-6,17,19-20,22-24,29H,7-16,18H2,1H3,(H,44,51)(H,39,40,41)(H,45,49,52)/t23?,24?,29-/m0/s1. The zero-order valence-corrected chi connectivity index (χ0v) is 30.2. The Morgan fingerprint density at radius 1 is 0.964 bits per heavy atom. The van der Waals surface area contributed by atoms with Gasteiger partial charge in [0.2, 0.25) is 11.8 Å². The first kappa shape index (κ1) is 35.8. The molecule has 8 rings (SSSR count). The summed E-state index contributed by atoms with van der Waals surface area (Å²) in [4.78, 5) is 96.1. The second kappa shape index (κ2) is 14.9. The zero-order valence-electron chi connectivity index (χ0n) is 30.2. The summed E-state index contributed by atoms with van der Waals surface area (Å²) < 4.78 is 7.79. The smallest absolute Gasteiger partial charge is 0.270 e. The van der Waals surface area contributed by atoms with E-state index in [-0.39, 0.29) is 60.2 Å². The summed E-state index contributed by atoms with van der Waals surface area (Å²) in [6, 6.07) is 8.97. The average Bonchev–Trinajstić information content (AvgIpc) is 3.70. The molecule has 0 unspecified atom stereocenters. The van der Waals surface area contributed by atoms with E-state index in [4.69, 9.17) is 4.74 Å². The Bertz CT molecular complexity index is 2210. The molecule has 0 radical (unpaired) electrons. The summed E-state index contributed by atoms with van der Waals surface area (Å²) in [5.74, 6) is -1.35. The Morgan fingerprint density at radius 2 is 1.76 bits per heavy atom. The fourth-order valence-corrected chi connectivity index (χ4v) is 7.75. The predicted molar refractivity (Wildman–Crippen MR) is 195 cm³/mol. The number of hydrogen-bond acceptors (Lipinski definition) is 12. The number of piperidine rings is 2. The summed E-state index contributed by atoms with van der Waals surface area (Å²) in [5.41, 5.74) is 2.90. The van der Waals surface area contributed by atoms with Gasteiger partial charge in [-0.15, -0.1) is 0 Å². The van der Waals surface area contributed by atoms with Crippen LogP contribution in [0.3, 0.4) is 0 Å². The van der Waals surface area contributed by atoms with Gasteiger partial charge in [0.25, 0.3) is 23.6 Å². The molecule has 0 spiro atoms. The summed E-state index contributed by atoms with van der Waals surface area (Å²) in [7, 11) is 0. The molecule has 3 N–H and O–H groups in total. The molecule has 55 heavy (non-hydrogen) atoms. The fraction of sp³-hybridized carbons (Fsp3) is 0.421. The van der Waals surface area contributed by atoms with E-state index in [2.05, 4.69) is 40.5 Å². The van der Waals surface area contributed by atoms with Crippen LogP contribution in [-0.4, -0.2) is 108 Å². The van der Waals surface area contributed by atoms with Crippen LogP contribution < -0.4 is 20.7 Å². The van der Waals surface area contributed by atoms with Crippen molar-refractivity contribution in [2.75, 3.05) is 31.6 Å². The molecule has 4 aromatic rings. The maximum Gasteiger partial charge on any atom is 0.270 e. The van der Waals surface area contributed by atoms with Gasteiger partial charge in [-0.05, 0) is 81.7 Å². The van der Waals surface area contributed by atoms with Crippen molar-refractivity contribution in [3.8, 4) is 5.75 Å². The molecule has 3 fully saturated rings. The number of benzene rings is 1. The molecule has 1 aromatic carbocycles. The number of likely N-dealkylation sites (tertiary alicyclic amines) is 1. The zero-order chi connectivity index (χ0) is 38.2. The van der Waals surface area contributed by atoms with Crippen molar-refractivity contribution in [3.05, 3.63) is 71.6 Å². The molecular weight excluding hydrogens is 708 g/mol. The highest BCUT2D eigenvalue weighted by Crippen LogP contribution is 2.35. The van der Waals surface area contributed by atoms with Crippen molar-refractivity contribution < 1.29 is 33.5 Å². The molecule has 6 heterocycles. The number of nitrogens with zero attached hydrogens (tertiary/aromatic N) is 7. The summed E-state index contributed by atoms with van der Waals surface area (Å²) >= 11 is 0. The number of aryl methyl sites for hydroxylation is 1. The number of anilines is 1. The van der Waals surface area contributed by atoms with Crippen LogP contribution in [0.4, 0.5) is 5.82 Å². The Hall–Kier alpha value is -6.26. The van der Waals surface area contributed by atoms with Gasteiger partial charge in [-0.3, -0.25) is 39.0 Å². The van der Waals surface area contributed by atoms with Crippen LogP contribution in [0.2, 0.25) is 0 Å². The number of carbonyl (C=O) groups is 6. The van der Waals surface area contributed by atoms with E-state index in [1.54, 1.807) is 17.3 Å². The first-order chi connectivity index (χ1) is 26.6. The number of imidazole rings is 1. The number of hydrogen-bond donors (Lipinski definition) is 3. The number of pyridine rings is 1. The van der Waals surface area contributed by atoms with Gasteiger partial charge in [0, 0.05) is 43.8 Å². The van der Waals surface area contributed by atoms with Crippen molar-refractivity contribution in [2.45, 2.75) is 70.0 Å². The Morgan fingerprint density at radius 3 is 2.55 bits per heavy atom. The number of aromatic nitrogens is 5. The quantitative estimate of drug-likeness (QED) is 0.189. The van der Waals surface area contributed by atoms with Gasteiger partial charge in [-0.1, -0.05) is 6.07 Å². The van der Waals surface area contributed by atoms with Gasteiger partial charge in [0.1, 0.15) is 29.3 Å². The summed E-state index contributed by atoms with van der Waals surface area (Å²) in [5, 5.41) is 8.68. The topological polar surface area (TPSA) is 211 Å². The summed E-state index contributed by atoms with van der Waals surface area (Å²) in [6.07, 6.45) is 7.54. The lowest BCUT2D eigenvalue weighted by atomic mass is 9.86. The number of imide groups is 2. The summed E-state index contributed by atoms with van der Waals surface area (Å²) in [6.45, 7) is 3.51. The minimum absolute atomic E-state index is 0.0367. The van der Waals surface area contributed by atoms with Gasteiger partial charge in [-0.2, -0.15) is 0 Å². The number of amides is 6. The molecule has 3 aliphatic heterocycles. The Kier molecular flexibility index (Phi) is 9.67. The van der Waals surface area contributed by atoms with Crippen LogP contribution in [-0.2, 0) is 14.4 Å². The highest BCUT2D eigenvalue weighted by atomic mass is 16.5. The number of ether oxygens (including phenoxy) is 1. The second-order valence-electron chi connectivity index (χ2n) is 14.5. The minimum atomic E-state index is -1.05. The molecule has 17 nitrogen and oxygen atoms in total. The van der Waals surface area contributed by atoms with Crippen LogP contribution in [0.1, 0.15) is 87.9 Å². The number of rotatable bonds is 11. The van der Waals surface area contributed by atoms with Crippen molar-refractivity contribution >= 4 is 52.4 Å². The van der Waals surface area contributed by atoms with E-state index < -0.39 is 29.7 Å². The van der Waals surface area contributed by atoms with Gasteiger partial charge in [0.05, 0.1) is 17.5 Å². The lowest BCUT2D eigenvalue weighted by Gasteiger charge is -2.36. The lowest BCUT2D eigenvalue weighted by Crippen LogP contribution is -2.54. The van der Waals surface area contributed by atoms with Crippen LogP contribution in [0.15, 0.2) is 49.1 Å². The SMILES string of the molecule is Cc1cccc(C(=O)NC2CC(n3cnc4c(NCCC5CCN(C(=O)COc6ccc7c(c6)C(=O)N([C@H]6CCC(=O)NC6=O)C7=O)CC5)ncnc43)C2)n1. The van der Waals surface area contributed by atoms with E-state index in [1.807, 2.05) is 19.1 Å². The molecule has 3 aromatic heterocycles. The minimum Gasteiger partial charge on any atom is -0.484 e. The lowest BCUT2D eigenvalue weighted by molar-refractivity contribution is -0.136. The van der Waals surface area contributed by atoms with Crippen molar-refractivity contribution in [1.29, 1.82) is 0 Å². The van der Waals surface area contributed by atoms with Crippen molar-refractivity contribution in [3.63, 3.8) is 0 Å². The Balaban J connectivity index is 0.772. The maximum absolute atomic E-state index is 13.1. The molecule has 1 atom stereocenters. The molecule has 4 aliphatic rings. The van der Waals surface area contributed by atoms with E-state index >= 15 is 0 Å². The van der Waals surface area contributed by atoms with E-state index in [1.165, 1.54) is 24.5 Å². The van der Waals surface area contributed by atoms with E-state index in [0.717, 1.165) is 48.3 Å². The van der Waals surface area contributed by atoms with Crippen molar-refractivity contribution in [2.24, 2.45) is 5.92 Å². The first-order valence-electron chi connectivity index (χ1n) is 18.5. The normalized spacial score (nSPS) is 21.3. The van der Waals surface area contributed by atoms with E-state index in [9.17, 15) is 28.8 Å². The van der Waals surface area contributed by atoms with Crippen molar-refractivity contribution in [1.82, 2.24) is 44.9 Å². The first-order valence-corrected chi connectivity index (χ1v) is 18.5. The third-order valence-corrected chi connectivity index (χ3v) is 10.9.